The molecule has 0 radical (unpaired) electrons. The van der Waals surface area contributed by atoms with Crippen molar-refractivity contribution in [1.29, 1.82) is 0 Å². The summed E-state index contributed by atoms with van der Waals surface area (Å²) in [5.74, 6) is 0.641. The first-order valence-corrected chi connectivity index (χ1v) is 7.45. The summed E-state index contributed by atoms with van der Waals surface area (Å²) in [5.41, 5.74) is 3.16. The third-order valence-electron chi connectivity index (χ3n) is 3.16. The number of aryl methyl sites for hydroxylation is 1. The van der Waals surface area contributed by atoms with E-state index in [1.165, 1.54) is 12.1 Å². The van der Waals surface area contributed by atoms with Gasteiger partial charge < -0.3 is 10.1 Å². The molecule has 1 unspecified atom stereocenters. The standard InChI is InChI=1S/C16H17FINO/c1-10-4-6-13(16(8-10)20-3)11(2)19-15-7-5-12(17)9-14(15)18/h4-9,11,19H,1-3H3. The van der Waals surface area contributed by atoms with Crippen molar-refractivity contribution in [3.05, 3.63) is 56.9 Å². The third kappa shape index (κ3) is 3.42. The van der Waals surface area contributed by atoms with E-state index in [2.05, 4.69) is 47.0 Å². The molecule has 0 spiro atoms. The zero-order valence-electron chi connectivity index (χ0n) is 11.7. The van der Waals surface area contributed by atoms with E-state index >= 15 is 0 Å². The van der Waals surface area contributed by atoms with Gasteiger partial charge in [-0.2, -0.15) is 0 Å². The van der Waals surface area contributed by atoms with Gasteiger partial charge in [0.05, 0.1) is 13.2 Å². The van der Waals surface area contributed by atoms with Crippen LogP contribution in [0.3, 0.4) is 0 Å². The maximum Gasteiger partial charge on any atom is 0.124 e. The molecule has 20 heavy (non-hydrogen) atoms. The van der Waals surface area contributed by atoms with Crippen molar-refractivity contribution in [2.45, 2.75) is 19.9 Å². The average Bonchev–Trinajstić information content (AvgIpc) is 2.41. The summed E-state index contributed by atoms with van der Waals surface area (Å²) in [7, 11) is 1.67. The molecule has 0 saturated heterocycles. The lowest BCUT2D eigenvalue weighted by Crippen LogP contribution is -2.09. The van der Waals surface area contributed by atoms with Crippen molar-refractivity contribution in [2.24, 2.45) is 0 Å². The Morgan fingerprint density at radius 3 is 2.60 bits per heavy atom. The maximum absolute atomic E-state index is 13.1. The van der Waals surface area contributed by atoms with Gasteiger partial charge in [-0.3, -0.25) is 0 Å². The van der Waals surface area contributed by atoms with E-state index in [1.807, 2.05) is 13.0 Å². The van der Waals surface area contributed by atoms with Crippen molar-refractivity contribution >= 4 is 28.3 Å². The molecule has 0 bridgehead atoms. The van der Waals surface area contributed by atoms with Crippen molar-refractivity contribution < 1.29 is 9.13 Å². The molecular formula is C16H17FINO. The number of anilines is 1. The van der Waals surface area contributed by atoms with E-state index in [1.54, 1.807) is 13.2 Å². The average molecular weight is 385 g/mol. The highest BCUT2D eigenvalue weighted by atomic mass is 127. The van der Waals surface area contributed by atoms with Crippen LogP contribution in [-0.2, 0) is 0 Å². The Labute approximate surface area is 132 Å². The third-order valence-corrected chi connectivity index (χ3v) is 4.05. The largest absolute Gasteiger partial charge is 0.496 e. The lowest BCUT2D eigenvalue weighted by molar-refractivity contribution is 0.407. The van der Waals surface area contributed by atoms with Gasteiger partial charge in [-0.05, 0) is 66.3 Å². The van der Waals surface area contributed by atoms with Gasteiger partial charge in [0.25, 0.3) is 0 Å². The molecule has 2 aromatic rings. The SMILES string of the molecule is COc1cc(C)ccc1C(C)Nc1ccc(F)cc1I. The summed E-state index contributed by atoms with van der Waals surface area (Å²) in [6.07, 6.45) is 0. The molecule has 2 aromatic carbocycles. The van der Waals surface area contributed by atoms with Gasteiger partial charge in [-0.15, -0.1) is 0 Å². The molecule has 0 fully saturated rings. The number of benzene rings is 2. The summed E-state index contributed by atoms with van der Waals surface area (Å²) >= 11 is 2.13. The van der Waals surface area contributed by atoms with Crippen LogP contribution in [0.5, 0.6) is 5.75 Å². The van der Waals surface area contributed by atoms with Gasteiger partial charge in [0.2, 0.25) is 0 Å². The minimum Gasteiger partial charge on any atom is -0.496 e. The van der Waals surface area contributed by atoms with E-state index in [4.69, 9.17) is 4.74 Å². The van der Waals surface area contributed by atoms with E-state index in [9.17, 15) is 4.39 Å². The summed E-state index contributed by atoms with van der Waals surface area (Å²) in [6, 6.07) is 10.9. The van der Waals surface area contributed by atoms with Gasteiger partial charge in [-0.25, -0.2) is 4.39 Å². The predicted octanol–water partition coefficient (Wildman–Crippen LogP) is 4.92. The highest BCUT2D eigenvalue weighted by Crippen LogP contribution is 2.30. The molecular weight excluding hydrogens is 368 g/mol. The number of halogens is 2. The van der Waals surface area contributed by atoms with Crippen LogP contribution in [-0.4, -0.2) is 7.11 Å². The number of methoxy groups -OCH3 is 1. The summed E-state index contributed by atoms with van der Waals surface area (Å²) < 4.78 is 19.4. The summed E-state index contributed by atoms with van der Waals surface area (Å²) in [6.45, 7) is 4.10. The normalized spacial score (nSPS) is 12.1. The van der Waals surface area contributed by atoms with Crippen LogP contribution < -0.4 is 10.1 Å². The Balaban J connectivity index is 2.25. The highest BCUT2D eigenvalue weighted by Gasteiger charge is 2.13. The number of hydrogen-bond acceptors (Lipinski definition) is 2. The Morgan fingerprint density at radius 2 is 1.95 bits per heavy atom. The van der Waals surface area contributed by atoms with Crippen LogP contribution in [0.2, 0.25) is 0 Å². The maximum atomic E-state index is 13.1. The van der Waals surface area contributed by atoms with E-state index in [0.29, 0.717) is 0 Å². The molecule has 0 aliphatic rings. The quantitative estimate of drug-likeness (QED) is 0.755. The molecule has 4 heteroatoms. The Kier molecular flexibility index (Phi) is 4.86. The summed E-state index contributed by atoms with van der Waals surface area (Å²) in [4.78, 5) is 0. The number of rotatable bonds is 4. The van der Waals surface area contributed by atoms with Crippen molar-refractivity contribution in [2.75, 3.05) is 12.4 Å². The molecule has 1 atom stereocenters. The zero-order chi connectivity index (χ0) is 14.7. The molecule has 0 aliphatic heterocycles. The first kappa shape index (κ1) is 15.1. The Morgan fingerprint density at radius 1 is 1.20 bits per heavy atom. The van der Waals surface area contributed by atoms with Crippen molar-refractivity contribution in [3.63, 3.8) is 0 Å². The van der Waals surface area contributed by atoms with Crippen molar-refractivity contribution in [1.82, 2.24) is 0 Å². The van der Waals surface area contributed by atoms with Crippen LogP contribution in [0.25, 0.3) is 0 Å². The van der Waals surface area contributed by atoms with E-state index in [-0.39, 0.29) is 11.9 Å². The van der Waals surface area contributed by atoms with Gasteiger partial charge in [0, 0.05) is 14.8 Å². The molecule has 0 heterocycles. The topological polar surface area (TPSA) is 21.3 Å². The first-order valence-electron chi connectivity index (χ1n) is 6.37. The Bertz CT molecular complexity index is 615. The molecule has 0 amide bonds. The predicted molar refractivity (Wildman–Crippen MR) is 88.9 cm³/mol. The fourth-order valence-electron chi connectivity index (χ4n) is 2.09. The number of hydrogen-bond donors (Lipinski definition) is 1. The molecule has 1 N–H and O–H groups in total. The second kappa shape index (κ2) is 6.43. The summed E-state index contributed by atoms with van der Waals surface area (Å²) in [5, 5.41) is 3.39. The minimum absolute atomic E-state index is 0.0736. The van der Waals surface area contributed by atoms with Gasteiger partial charge >= 0.3 is 0 Å². The molecule has 0 aliphatic carbocycles. The van der Waals surface area contributed by atoms with E-state index in [0.717, 1.165) is 26.1 Å². The lowest BCUT2D eigenvalue weighted by Gasteiger charge is -2.19. The van der Waals surface area contributed by atoms with Crippen LogP contribution in [0, 0.1) is 16.3 Å². The molecule has 0 aromatic heterocycles. The fourth-order valence-corrected chi connectivity index (χ4v) is 2.73. The Hall–Kier alpha value is -1.30. The molecule has 2 rings (SSSR count). The van der Waals surface area contributed by atoms with Crippen LogP contribution in [0.4, 0.5) is 10.1 Å². The first-order chi connectivity index (χ1) is 9.51. The zero-order valence-corrected chi connectivity index (χ0v) is 13.9. The van der Waals surface area contributed by atoms with Crippen molar-refractivity contribution in [3.8, 4) is 5.75 Å². The molecule has 0 saturated carbocycles. The van der Waals surface area contributed by atoms with Crippen LogP contribution >= 0.6 is 22.6 Å². The molecule has 2 nitrogen and oxygen atoms in total. The highest BCUT2D eigenvalue weighted by molar-refractivity contribution is 14.1. The minimum atomic E-state index is -0.222. The fraction of sp³-hybridized carbons (Fsp3) is 0.250. The van der Waals surface area contributed by atoms with Gasteiger partial charge in [0.15, 0.2) is 0 Å². The van der Waals surface area contributed by atoms with Gasteiger partial charge in [0.1, 0.15) is 11.6 Å². The van der Waals surface area contributed by atoms with Gasteiger partial charge in [-0.1, -0.05) is 12.1 Å². The van der Waals surface area contributed by atoms with Crippen LogP contribution in [0.1, 0.15) is 24.1 Å². The molecule has 106 valence electrons. The smallest absolute Gasteiger partial charge is 0.124 e. The van der Waals surface area contributed by atoms with Crippen LogP contribution in [0.15, 0.2) is 36.4 Å². The lowest BCUT2D eigenvalue weighted by atomic mass is 10.0. The second-order valence-electron chi connectivity index (χ2n) is 4.74. The van der Waals surface area contributed by atoms with E-state index < -0.39 is 0 Å². The number of nitrogens with one attached hydrogen (secondary N) is 1. The number of ether oxygens (including phenoxy) is 1. The second-order valence-corrected chi connectivity index (χ2v) is 5.90. The monoisotopic (exact) mass is 385 g/mol.